The van der Waals surface area contributed by atoms with Gasteiger partial charge in [-0.15, -0.1) is 0 Å². The minimum absolute atomic E-state index is 0.106. The van der Waals surface area contributed by atoms with Gasteiger partial charge in [-0.2, -0.15) is 0 Å². The molecule has 0 amide bonds. The van der Waals surface area contributed by atoms with Gasteiger partial charge in [0.25, 0.3) is 0 Å². The summed E-state index contributed by atoms with van der Waals surface area (Å²) >= 11 is 0. The summed E-state index contributed by atoms with van der Waals surface area (Å²) in [6, 6.07) is 0. The van der Waals surface area contributed by atoms with Crippen LogP contribution in [0.5, 0.6) is 0 Å². The van der Waals surface area contributed by atoms with E-state index in [0.717, 1.165) is 102 Å². The molecule has 6 atom stereocenters. The molecule has 0 aromatic carbocycles. The maximum absolute atomic E-state index is 13.1. The first kappa shape index (κ1) is 101. The molecular weight excluding hydrogens is 1340 g/mol. The summed E-state index contributed by atoms with van der Waals surface area (Å²) < 4.78 is 68.8. The maximum atomic E-state index is 13.1. The SMILES string of the molecule is CCCCCCCCCCCCCCCCCCCC(=O)OC[C@H](COP(=O)(O)OC[C@@H](O)COP(=O)(O)OC[C@@H](COC(=O)CCCCCCCCCCCCCC)OC(=O)CCCCCCCCCCCC(C)C)OC(=O)CCCCCCCCCCCCCCCCCCCCC(C)CC. The van der Waals surface area contributed by atoms with Gasteiger partial charge in [-0.25, -0.2) is 9.13 Å². The molecule has 0 heterocycles. The van der Waals surface area contributed by atoms with Crippen LogP contribution in [0.4, 0.5) is 0 Å². The first-order chi connectivity index (χ1) is 49.9. The number of hydrogen-bond donors (Lipinski definition) is 3. The van der Waals surface area contributed by atoms with Crippen LogP contribution in [-0.4, -0.2) is 96.7 Å². The Morgan fingerprint density at radius 2 is 0.495 bits per heavy atom. The summed E-state index contributed by atoms with van der Waals surface area (Å²) in [6.07, 6.45) is 66.6. The summed E-state index contributed by atoms with van der Waals surface area (Å²) in [5.74, 6) is -0.497. The van der Waals surface area contributed by atoms with E-state index in [-0.39, 0.29) is 25.7 Å². The van der Waals surface area contributed by atoms with Crippen molar-refractivity contribution >= 4 is 39.5 Å². The van der Waals surface area contributed by atoms with Gasteiger partial charge in [0.1, 0.15) is 19.3 Å². The Labute approximate surface area is 632 Å². The van der Waals surface area contributed by atoms with Crippen LogP contribution in [0.15, 0.2) is 0 Å². The number of phosphoric acid groups is 2. The van der Waals surface area contributed by atoms with Crippen molar-refractivity contribution in [3.05, 3.63) is 0 Å². The predicted molar refractivity (Wildman–Crippen MR) is 423 cm³/mol. The molecule has 612 valence electrons. The fourth-order valence-electron chi connectivity index (χ4n) is 13.0. The van der Waals surface area contributed by atoms with Crippen molar-refractivity contribution in [3.8, 4) is 0 Å². The van der Waals surface area contributed by atoms with Gasteiger partial charge in [0.05, 0.1) is 26.4 Å². The third kappa shape index (κ3) is 76.6. The van der Waals surface area contributed by atoms with E-state index in [1.807, 2.05) is 0 Å². The lowest BCUT2D eigenvalue weighted by Gasteiger charge is -2.21. The van der Waals surface area contributed by atoms with Crippen molar-refractivity contribution in [3.63, 3.8) is 0 Å². The molecule has 0 aliphatic rings. The molecule has 0 spiro atoms. The van der Waals surface area contributed by atoms with Crippen LogP contribution in [0.2, 0.25) is 0 Å². The number of esters is 4. The van der Waals surface area contributed by atoms with E-state index in [2.05, 4.69) is 41.5 Å². The molecule has 17 nitrogen and oxygen atoms in total. The van der Waals surface area contributed by atoms with Crippen molar-refractivity contribution in [1.29, 1.82) is 0 Å². The Kier molecular flexibility index (Phi) is 74.1. The molecule has 0 aromatic rings. The molecule has 3 N–H and O–H groups in total. The Bertz CT molecular complexity index is 1980. The van der Waals surface area contributed by atoms with E-state index in [1.54, 1.807) is 0 Å². The van der Waals surface area contributed by atoms with Crippen molar-refractivity contribution in [2.24, 2.45) is 11.8 Å². The van der Waals surface area contributed by atoms with Gasteiger partial charge in [0.15, 0.2) is 12.2 Å². The third-order valence-corrected chi connectivity index (χ3v) is 22.0. The van der Waals surface area contributed by atoms with E-state index < -0.39 is 97.5 Å². The fraction of sp³-hybridized carbons (Fsp3) is 0.952. The molecule has 0 aromatic heterocycles. The molecule has 3 unspecified atom stereocenters. The van der Waals surface area contributed by atoms with Gasteiger partial charge in [0.2, 0.25) is 0 Å². The third-order valence-electron chi connectivity index (χ3n) is 20.1. The van der Waals surface area contributed by atoms with Crippen molar-refractivity contribution < 1.29 is 80.2 Å². The highest BCUT2D eigenvalue weighted by molar-refractivity contribution is 7.47. The zero-order valence-electron chi connectivity index (χ0n) is 67.6. The molecule has 0 radical (unpaired) electrons. The van der Waals surface area contributed by atoms with Crippen LogP contribution in [0, 0.1) is 11.8 Å². The summed E-state index contributed by atoms with van der Waals surface area (Å²) in [4.78, 5) is 73.1. The Balaban J connectivity index is 5.22. The van der Waals surface area contributed by atoms with Crippen LogP contribution < -0.4 is 0 Å². The molecule has 0 fully saturated rings. The van der Waals surface area contributed by atoms with Gasteiger partial charge in [-0.05, 0) is 37.5 Å². The normalized spacial score (nSPS) is 14.1. The average Bonchev–Trinajstić information content (AvgIpc) is 0.908. The topological polar surface area (TPSA) is 237 Å². The van der Waals surface area contributed by atoms with Crippen LogP contribution >= 0.6 is 15.6 Å². The smallest absolute Gasteiger partial charge is 0.462 e. The van der Waals surface area contributed by atoms with Crippen LogP contribution in [0.3, 0.4) is 0 Å². The fourth-order valence-corrected chi connectivity index (χ4v) is 14.6. The van der Waals surface area contributed by atoms with Crippen molar-refractivity contribution in [2.75, 3.05) is 39.6 Å². The largest absolute Gasteiger partial charge is 0.472 e. The monoisotopic (exact) mass is 1510 g/mol. The standard InChI is InChI=1S/C84H164O17P2/c1-7-10-12-14-16-18-20-22-23-26-30-33-37-43-49-55-61-67-82(87)95-72-79(100-83(88)68-62-56-50-44-38-34-31-28-25-24-27-29-32-35-41-47-53-59-65-77(6)9-3)74-98-102(90,91)96-70-78(85)71-97-103(92,93)99-75-80(101-84(89)69-63-57-51-45-39-40-46-52-58-64-76(4)5)73-94-81(86)66-60-54-48-42-36-21-19-17-15-13-11-8-2/h76-80,85H,7-75H2,1-6H3,(H,90,91)(H,92,93)/t77?,78-,79-,80-/m1/s1. The number of rotatable bonds is 83. The Hall–Kier alpha value is -1.94. The molecular formula is C84H164O17P2. The van der Waals surface area contributed by atoms with E-state index in [9.17, 15) is 43.2 Å². The lowest BCUT2D eigenvalue weighted by molar-refractivity contribution is -0.161. The highest BCUT2D eigenvalue weighted by Crippen LogP contribution is 2.45. The Morgan fingerprint density at radius 1 is 0.282 bits per heavy atom. The van der Waals surface area contributed by atoms with E-state index >= 15 is 0 Å². The number of aliphatic hydroxyl groups excluding tert-OH is 1. The second kappa shape index (κ2) is 75.5. The average molecular weight is 1510 g/mol. The van der Waals surface area contributed by atoms with Crippen molar-refractivity contribution in [1.82, 2.24) is 0 Å². The lowest BCUT2D eigenvalue weighted by Crippen LogP contribution is -2.30. The molecule has 0 rings (SSSR count). The van der Waals surface area contributed by atoms with Gasteiger partial charge >= 0.3 is 39.5 Å². The number of ether oxygens (including phenoxy) is 4. The number of phosphoric ester groups is 2. The highest BCUT2D eigenvalue weighted by Gasteiger charge is 2.30. The van der Waals surface area contributed by atoms with E-state index in [1.165, 1.54) is 263 Å². The molecule has 0 saturated heterocycles. The quantitative estimate of drug-likeness (QED) is 0.0222. The zero-order chi connectivity index (χ0) is 75.6. The molecule has 0 bridgehead atoms. The first-order valence-electron chi connectivity index (χ1n) is 43.5. The zero-order valence-corrected chi connectivity index (χ0v) is 69.4. The second-order valence-electron chi connectivity index (χ2n) is 30.9. The first-order valence-corrected chi connectivity index (χ1v) is 46.5. The van der Waals surface area contributed by atoms with E-state index in [0.29, 0.717) is 25.7 Å². The minimum atomic E-state index is -4.96. The molecule has 19 heteroatoms. The summed E-state index contributed by atoms with van der Waals surface area (Å²) in [7, 11) is -9.92. The highest BCUT2D eigenvalue weighted by atomic mass is 31.2. The maximum Gasteiger partial charge on any atom is 0.472 e. The predicted octanol–water partition coefficient (Wildman–Crippen LogP) is 25.5. The van der Waals surface area contributed by atoms with Gasteiger partial charge in [0, 0.05) is 25.7 Å². The molecule has 0 saturated carbocycles. The number of carbonyl (C=O) groups is 4. The van der Waals surface area contributed by atoms with Crippen LogP contribution in [0.25, 0.3) is 0 Å². The summed E-state index contributed by atoms with van der Waals surface area (Å²) in [5.41, 5.74) is 0. The lowest BCUT2D eigenvalue weighted by atomic mass is 9.99. The molecule has 0 aliphatic heterocycles. The molecule has 103 heavy (non-hydrogen) atoms. The molecule has 0 aliphatic carbocycles. The Morgan fingerprint density at radius 3 is 0.738 bits per heavy atom. The van der Waals surface area contributed by atoms with Crippen LogP contribution in [0.1, 0.15) is 446 Å². The number of unbranched alkanes of at least 4 members (excludes halogenated alkanes) is 52. The number of carbonyl (C=O) groups excluding carboxylic acids is 4. The second-order valence-corrected chi connectivity index (χ2v) is 33.8. The van der Waals surface area contributed by atoms with Gasteiger partial charge in [-0.3, -0.25) is 37.3 Å². The number of hydrogen-bond acceptors (Lipinski definition) is 15. The van der Waals surface area contributed by atoms with Gasteiger partial charge in [-0.1, -0.05) is 395 Å². The van der Waals surface area contributed by atoms with Gasteiger partial charge < -0.3 is 33.8 Å². The number of aliphatic hydroxyl groups is 1. The minimum Gasteiger partial charge on any atom is -0.462 e. The van der Waals surface area contributed by atoms with Crippen molar-refractivity contribution in [2.45, 2.75) is 464 Å². The van der Waals surface area contributed by atoms with Crippen LogP contribution in [-0.2, 0) is 65.4 Å². The van der Waals surface area contributed by atoms with E-state index in [4.69, 9.17) is 37.0 Å². The summed E-state index contributed by atoms with van der Waals surface area (Å²) in [5, 5.41) is 10.7. The summed E-state index contributed by atoms with van der Waals surface area (Å²) in [6.45, 7) is 9.70.